The monoisotopic (exact) mass is 495 g/mol. The van der Waals surface area contributed by atoms with Crippen LogP contribution in [0.25, 0.3) is 0 Å². The number of nitrogens with one attached hydrogen (secondary N) is 1. The average molecular weight is 496 g/mol. The molecule has 1 N–H and O–H groups in total. The molecule has 1 amide bonds. The predicted octanol–water partition coefficient (Wildman–Crippen LogP) is 3.97. The van der Waals surface area contributed by atoms with Crippen LogP contribution in [0.5, 0.6) is 11.5 Å². The molecule has 3 aromatic rings. The fourth-order valence-corrected chi connectivity index (χ4v) is 5.03. The van der Waals surface area contributed by atoms with Gasteiger partial charge >= 0.3 is 0 Å². The van der Waals surface area contributed by atoms with Crippen LogP contribution in [0.4, 0.5) is 5.69 Å². The Morgan fingerprint density at radius 3 is 2.23 bits per heavy atom. The van der Waals surface area contributed by atoms with Crippen LogP contribution in [0, 0.1) is 20.8 Å². The van der Waals surface area contributed by atoms with Gasteiger partial charge in [0.2, 0.25) is 0 Å². The van der Waals surface area contributed by atoms with Gasteiger partial charge in [-0.2, -0.15) is 5.10 Å². The first kappa shape index (κ1) is 25.8. The van der Waals surface area contributed by atoms with Gasteiger partial charge < -0.3 is 9.47 Å². The van der Waals surface area contributed by atoms with Crippen molar-refractivity contribution in [3.8, 4) is 11.5 Å². The van der Waals surface area contributed by atoms with Gasteiger partial charge in [-0.15, -0.1) is 0 Å². The number of amides is 1. The van der Waals surface area contributed by atoms with Gasteiger partial charge in [-0.3, -0.25) is 9.10 Å². The van der Waals surface area contributed by atoms with Crippen molar-refractivity contribution in [2.24, 2.45) is 5.10 Å². The highest BCUT2D eigenvalue weighted by molar-refractivity contribution is 7.92. The van der Waals surface area contributed by atoms with E-state index in [0.29, 0.717) is 11.4 Å². The Morgan fingerprint density at radius 2 is 1.60 bits per heavy atom. The minimum atomic E-state index is -4.14. The molecule has 0 spiro atoms. The summed E-state index contributed by atoms with van der Waals surface area (Å²) in [6.07, 6.45) is 1.51. The Kier molecular flexibility index (Phi) is 8.14. The highest BCUT2D eigenvalue weighted by atomic mass is 32.2. The molecule has 0 aliphatic heterocycles. The van der Waals surface area contributed by atoms with Crippen molar-refractivity contribution >= 4 is 27.8 Å². The largest absolute Gasteiger partial charge is 0.493 e. The second-order valence-corrected chi connectivity index (χ2v) is 9.94. The van der Waals surface area contributed by atoms with Gasteiger partial charge in [0.15, 0.2) is 11.5 Å². The van der Waals surface area contributed by atoms with Crippen LogP contribution in [0.15, 0.2) is 70.7 Å². The van der Waals surface area contributed by atoms with E-state index in [1.807, 2.05) is 51.1 Å². The van der Waals surface area contributed by atoms with E-state index in [1.54, 1.807) is 12.1 Å². The smallest absolute Gasteiger partial charge is 0.264 e. The molecule has 0 radical (unpaired) electrons. The van der Waals surface area contributed by atoms with E-state index >= 15 is 0 Å². The van der Waals surface area contributed by atoms with Gasteiger partial charge in [0.05, 0.1) is 31.0 Å². The van der Waals surface area contributed by atoms with Crippen LogP contribution < -0.4 is 19.2 Å². The van der Waals surface area contributed by atoms with E-state index in [2.05, 4.69) is 10.5 Å². The summed E-state index contributed by atoms with van der Waals surface area (Å²) in [7, 11) is -1.24. The van der Waals surface area contributed by atoms with Gasteiger partial charge in [0, 0.05) is 6.07 Å². The van der Waals surface area contributed by atoms with Crippen LogP contribution in [-0.2, 0) is 14.8 Å². The molecule has 0 aromatic heterocycles. The number of ether oxygens (including phenoxy) is 2. The van der Waals surface area contributed by atoms with E-state index in [4.69, 9.17) is 9.47 Å². The number of methoxy groups -OCH3 is 2. The molecule has 8 nitrogen and oxygen atoms in total. The fourth-order valence-electron chi connectivity index (χ4n) is 3.61. The van der Waals surface area contributed by atoms with Gasteiger partial charge in [0.25, 0.3) is 15.9 Å². The molecule has 0 bridgehead atoms. The molecule has 0 saturated heterocycles. The molecule has 0 atom stereocenters. The standard InChI is InChI=1S/C26H29N3O5S/c1-18-7-6-8-21(12-18)16-27-28-26(30)17-29(22-13-19(2)11-20(3)14-22)35(31,32)23-9-10-24(33-4)25(15-23)34-5/h6-16H,17H2,1-5H3,(H,28,30)/b27-16-. The van der Waals surface area contributed by atoms with Gasteiger partial charge in [-0.1, -0.05) is 35.9 Å². The fraction of sp³-hybridized carbons (Fsp3) is 0.231. The first-order chi connectivity index (χ1) is 16.6. The summed E-state index contributed by atoms with van der Waals surface area (Å²) >= 11 is 0. The topological polar surface area (TPSA) is 97.3 Å². The van der Waals surface area contributed by atoms with Crippen molar-refractivity contribution < 1.29 is 22.7 Å². The first-order valence-corrected chi connectivity index (χ1v) is 12.3. The lowest BCUT2D eigenvalue weighted by Gasteiger charge is -2.25. The van der Waals surface area contributed by atoms with Crippen molar-refractivity contribution in [2.75, 3.05) is 25.1 Å². The molecule has 0 aliphatic rings. The van der Waals surface area contributed by atoms with E-state index in [1.165, 1.54) is 38.6 Å². The maximum atomic E-state index is 13.7. The van der Waals surface area contributed by atoms with Crippen LogP contribution in [0.3, 0.4) is 0 Å². The zero-order chi connectivity index (χ0) is 25.6. The molecule has 184 valence electrons. The van der Waals surface area contributed by atoms with Crippen molar-refractivity contribution in [1.82, 2.24) is 5.43 Å². The van der Waals surface area contributed by atoms with E-state index < -0.39 is 22.5 Å². The first-order valence-electron chi connectivity index (χ1n) is 10.9. The number of rotatable bonds is 9. The summed E-state index contributed by atoms with van der Waals surface area (Å²) in [6.45, 7) is 5.22. The average Bonchev–Trinajstić information content (AvgIpc) is 2.81. The Hall–Kier alpha value is -3.85. The summed E-state index contributed by atoms with van der Waals surface area (Å²) in [6, 6.07) is 17.3. The zero-order valence-electron chi connectivity index (χ0n) is 20.4. The molecule has 0 unspecified atom stereocenters. The number of hydrogen-bond acceptors (Lipinski definition) is 6. The minimum Gasteiger partial charge on any atom is -0.493 e. The lowest BCUT2D eigenvalue weighted by molar-refractivity contribution is -0.119. The molecule has 0 heterocycles. The summed E-state index contributed by atoms with van der Waals surface area (Å²) in [4.78, 5) is 12.7. The van der Waals surface area contributed by atoms with Crippen LogP contribution in [-0.4, -0.2) is 41.3 Å². The number of hydrazone groups is 1. The Bertz CT molecular complexity index is 1330. The van der Waals surface area contributed by atoms with Gasteiger partial charge in [0.1, 0.15) is 6.54 Å². The quantitative estimate of drug-likeness (QED) is 0.358. The van der Waals surface area contributed by atoms with Gasteiger partial charge in [-0.05, 0) is 61.7 Å². The summed E-state index contributed by atoms with van der Waals surface area (Å²) in [5.41, 5.74) is 6.40. The van der Waals surface area contributed by atoms with E-state index in [9.17, 15) is 13.2 Å². The number of aryl methyl sites for hydroxylation is 3. The van der Waals surface area contributed by atoms with Crippen molar-refractivity contribution in [3.63, 3.8) is 0 Å². The Labute approximate surface area is 206 Å². The molecular formula is C26H29N3O5S. The molecule has 9 heteroatoms. The van der Waals surface area contributed by atoms with Crippen molar-refractivity contribution in [1.29, 1.82) is 0 Å². The maximum Gasteiger partial charge on any atom is 0.264 e. The predicted molar refractivity (Wildman–Crippen MR) is 137 cm³/mol. The number of anilines is 1. The molecule has 3 rings (SSSR count). The third-order valence-electron chi connectivity index (χ3n) is 5.17. The number of benzene rings is 3. The number of nitrogens with zero attached hydrogens (tertiary/aromatic N) is 2. The van der Waals surface area contributed by atoms with E-state index in [0.717, 1.165) is 26.6 Å². The third kappa shape index (κ3) is 6.39. The summed E-state index contributed by atoms with van der Waals surface area (Å²) < 4.78 is 39.0. The zero-order valence-corrected chi connectivity index (χ0v) is 21.2. The summed E-state index contributed by atoms with van der Waals surface area (Å²) in [5.74, 6) is 0.0749. The number of hydrogen-bond donors (Lipinski definition) is 1. The van der Waals surface area contributed by atoms with Gasteiger partial charge in [-0.25, -0.2) is 13.8 Å². The van der Waals surface area contributed by atoms with E-state index in [-0.39, 0.29) is 10.6 Å². The highest BCUT2D eigenvalue weighted by Gasteiger charge is 2.28. The van der Waals surface area contributed by atoms with Crippen LogP contribution in [0.2, 0.25) is 0 Å². The molecular weight excluding hydrogens is 466 g/mol. The number of sulfonamides is 1. The highest BCUT2D eigenvalue weighted by Crippen LogP contribution is 2.32. The second-order valence-electron chi connectivity index (χ2n) is 8.08. The summed E-state index contributed by atoms with van der Waals surface area (Å²) in [5, 5.41) is 3.99. The number of carbonyl (C=O) groups is 1. The maximum absolute atomic E-state index is 13.7. The molecule has 0 saturated carbocycles. The molecule has 3 aromatic carbocycles. The van der Waals surface area contributed by atoms with Crippen LogP contribution in [0.1, 0.15) is 22.3 Å². The minimum absolute atomic E-state index is 0.0367. The molecule has 0 fully saturated rings. The SMILES string of the molecule is COc1ccc(S(=O)(=O)N(CC(=O)N/N=C\c2cccc(C)c2)c2cc(C)cc(C)c2)cc1OC. The van der Waals surface area contributed by atoms with Crippen LogP contribution >= 0.6 is 0 Å². The number of carbonyl (C=O) groups excluding carboxylic acids is 1. The van der Waals surface area contributed by atoms with Crippen molar-refractivity contribution in [2.45, 2.75) is 25.7 Å². The Morgan fingerprint density at radius 1 is 0.914 bits per heavy atom. The lowest BCUT2D eigenvalue weighted by atomic mass is 10.1. The molecule has 35 heavy (non-hydrogen) atoms. The second kappa shape index (κ2) is 11.1. The third-order valence-corrected chi connectivity index (χ3v) is 6.94. The molecule has 0 aliphatic carbocycles. The van der Waals surface area contributed by atoms with Crippen molar-refractivity contribution in [3.05, 3.63) is 82.9 Å². The normalized spacial score (nSPS) is 11.3. The lowest BCUT2D eigenvalue weighted by Crippen LogP contribution is -2.39. The Balaban J connectivity index is 1.94.